The highest BCUT2D eigenvalue weighted by Crippen LogP contribution is 2.28. The van der Waals surface area contributed by atoms with Crippen molar-refractivity contribution in [3.63, 3.8) is 0 Å². The first-order valence-corrected chi connectivity index (χ1v) is 9.95. The summed E-state index contributed by atoms with van der Waals surface area (Å²) in [5, 5.41) is 3.38. The van der Waals surface area contributed by atoms with Gasteiger partial charge < -0.3 is 24.7 Å². The largest absolute Gasteiger partial charge is 0.493 e. The number of nitrogens with one attached hydrogen (secondary N) is 2. The molecule has 30 heavy (non-hydrogen) atoms. The second-order valence-electron chi connectivity index (χ2n) is 6.78. The summed E-state index contributed by atoms with van der Waals surface area (Å²) in [7, 11) is 5.41. The van der Waals surface area contributed by atoms with E-state index in [4.69, 9.17) is 9.47 Å². The first-order valence-electron chi connectivity index (χ1n) is 9.95. The van der Waals surface area contributed by atoms with Crippen LogP contribution in [0.1, 0.15) is 18.3 Å². The van der Waals surface area contributed by atoms with Crippen molar-refractivity contribution in [1.29, 1.82) is 0 Å². The van der Waals surface area contributed by atoms with E-state index in [2.05, 4.69) is 32.4 Å². The Bertz CT molecular complexity index is 969. The van der Waals surface area contributed by atoms with E-state index in [0.29, 0.717) is 19.7 Å². The van der Waals surface area contributed by atoms with Crippen molar-refractivity contribution in [2.45, 2.75) is 20.0 Å². The summed E-state index contributed by atoms with van der Waals surface area (Å²) in [5.74, 6) is 3.13. The molecule has 158 valence electrons. The maximum atomic E-state index is 5.58. The minimum absolute atomic E-state index is 0.601. The van der Waals surface area contributed by atoms with Crippen molar-refractivity contribution in [1.82, 2.24) is 20.2 Å². The first-order chi connectivity index (χ1) is 14.6. The Kier molecular flexibility index (Phi) is 7.32. The number of ether oxygens (including phenoxy) is 2. The van der Waals surface area contributed by atoms with Gasteiger partial charge in [-0.25, -0.2) is 4.98 Å². The van der Waals surface area contributed by atoms with E-state index in [1.54, 1.807) is 14.2 Å². The number of methoxy groups -OCH3 is 1. The fourth-order valence-corrected chi connectivity index (χ4v) is 3.17. The predicted molar refractivity (Wildman–Crippen MR) is 120 cm³/mol. The van der Waals surface area contributed by atoms with E-state index < -0.39 is 0 Å². The molecule has 0 amide bonds. The molecule has 0 aliphatic heterocycles. The van der Waals surface area contributed by atoms with Crippen LogP contribution in [0.15, 0.2) is 59.7 Å². The van der Waals surface area contributed by atoms with E-state index in [9.17, 15) is 0 Å². The monoisotopic (exact) mass is 407 g/mol. The number of hydrogen-bond donors (Lipinski definition) is 2. The molecule has 2 aromatic carbocycles. The van der Waals surface area contributed by atoms with Gasteiger partial charge in [0.05, 0.1) is 32.2 Å². The quantitative estimate of drug-likeness (QED) is 0.440. The summed E-state index contributed by atoms with van der Waals surface area (Å²) in [4.78, 5) is 14.3. The van der Waals surface area contributed by atoms with Crippen LogP contribution in [0.4, 0.5) is 0 Å². The number of benzene rings is 2. The molecule has 1 aromatic heterocycles. The molecule has 0 bridgehead atoms. The SMILES string of the molecule is CCOc1ccc(CNC(=NC)N(C)Cc2ncc(-c3ccccc3)[nH]2)cc1OC. The van der Waals surface area contributed by atoms with Crippen LogP contribution in [0.25, 0.3) is 11.3 Å². The highest BCUT2D eigenvalue weighted by atomic mass is 16.5. The van der Waals surface area contributed by atoms with Crippen LogP contribution in [0.2, 0.25) is 0 Å². The second kappa shape index (κ2) is 10.3. The van der Waals surface area contributed by atoms with Gasteiger partial charge >= 0.3 is 0 Å². The number of imidazole rings is 1. The number of aliphatic imine (C=N–C) groups is 1. The molecule has 7 heteroatoms. The van der Waals surface area contributed by atoms with Crippen LogP contribution >= 0.6 is 0 Å². The summed E-state index contributed by atoms with van der Waals surface area (Å²) in [6, 6.07) is 16.1. The Morgan fingerprint density at radius 3 is 2.67 bits per heavy atom. The molecule has 0 aliphatic rings. The third-order valence-corrected chi connectivity index (χ3v) is 4.65. The number of rotatable bonds is 8. The Labute approximate surface area is 177 Å². The Morgan fingerprint density at radius 1 is 1.17 bits per heavy atom. The van der Waals surface area contributed by atoms with Gasteiger partial charge in [-0.1, -0.05) is 36.4 Å². The number of aromatic amines is 1. The summed E-state index contributed by atoms with van der Waals surface area (Å²) < 4.78 is 11.0. The van der Waals surface area contributed by atoms with Crippen molar-refractivity contribution < 1.29 is 9.47 Å². The zero-order valence-electron chi connectivity index (χ0n) is 18.0. The lowest BCUT2D eigenvalue weighted by molar-refractivity contribution is 0.310. The number of H-pyrrole nitrogens is 1. The second-order valence-corrected chi connectivity index (χ2v) is 6.78. The maximum absolute atomic E-state index is 5.58. The number of hydrogen-bond acceptors (Lipinski definition) is 4. The van der Waals surface area contributed by atoms with Crippen molar-refractivity contribution >= 4 is 5.96 Å². The van der Waals surface area contributed by atoms with Crippen LogP contribution < -0.4 is 14.8 Å². The molecule has 1 heterocycles. The molecule has 0 fully saturated rings. The van der Waals surface area contributed by atoms with Crippen LogP contribution in [0.3, 0.4) is 0 Å². The highest BCUT2D eigenvalue weighted by molar-refractivity contribution is 5.79. The zero-order valence-corrected chi connectivity index (χ0v) is 18.0. The molecule has 0 spiro atoms. The Balaban J connectivity index is 1.60. The van der Waals surface area contributed by atoms with Gasteiger partial charge in [0.2, 0.25) is 0 Å². The number of nitrogens with zero attached hydrogens (tertiary/aromatic N) is 3. The van der Waals surface area contributed by atoms with Crippen molar-refractivity contribution in [2.24, 2.45) is 4.99 Å². The third-order valence-electron chi connectivity index (χ3n) is 4.65. The number of guanidine groups is 1. The number of aromatic nitrogens is 2. The normalized spacial score (nSPS) is 11.3. The van der Waals surface area contributed by atoms with E-state index in [0.717, 1.165) is 40.1 Å². The summed E-state index contributed by atoms with van der Waals surface area (Å²) in [5.41, 5.74) is 3.20. The van der Waals surface area contributed by atoms with Gasteiger partial charge in [0.1, 0.15) is 5.82 Å². The smallest absolute Gasteiger partial charge is 0.194 e. The predicted octanol–water partition coefficient (Wildman–Crippen LogP) is 3.69. The fraction of sp³-hybridized carbons (Fsp3) is 0.304. The van der Waals surface area contributed by atoms with E-state index in [1.165, 1.54) is 0 Å². The van der Waals surface area contributed by atoms with Gasteiger partial charge in [-0.3, -0.25) is 4.99 Å². The first kappa shape index (κ1) is 21.2. The average molecular weight is 408 g/mol. The lowest BCUT2D eigenvalue weighted by atomic mass is 10.2. The van der Waals surface area contributed by atoms with Gasteiger partial charge in [0.15, 0.2) is 17.5 Å². The van der Waals surface area contributed by atoms with Crippen molar-refractivity contribution in [3.05, 3.63) is 66.1 Å². The Morgan fingerprint density at radius 2 is 1.97 bits per heavy atom. The molecular weight excluding hydrogens is 378 g/mol. The van der Waals surface area contributed by atoms with Crippen LogP contribution in [-0.2, 0) is 13.1 Å². The minimum Gasteiger partial charge on any atom is -0.493 e. The standard InChI is InChI=1S/C23H29N5O2/c1-5-30-20-12-11-17(13-21(20)29-4)14-26-23(24-2)28(3)16-22-25-15-19(27-22)18-9-7-6-8-10-18/h6-13,15H,5,14,16H2,1-4H3,(H,24,26)(H,25,27). The molecule has 7 nitrogen and oxygen atoms in total. The molecule has 3 aromatic rings. The molecule has 0 saturated carbocycles. The van der Waals surface area contributed by atoms with Gasteiger partial charge in [0.25, 0.3) is 0 Å². The molecule has 0 radical (unpaired) electrons. The fourth-order valence-electron chi connectivity index (χ4n) is 3.17. The summed E-state index contributed by atoms with van der Waals surface area (Å²) in [6.45, 7) is 3.78. The van der Waals surface area contributed by atoms with Crippen molar-refractivity contribution in [2.75, 3.05) is 27.8 Å². The van der Waals surface area contributed by atoms with Gasteiger partial charge in [-0.05, 0) is 30.2 Å². The molecule has 0 unspecified atom stereocenters. The van der Waals surface area contributed by atoms with E-state index >= 15 is 0 Å². The highest BCUT2D eigenvalue weighted by Gasteiger charge is 2.11. The third kappa shape index (κ3) is 5.31. The zero-order chi connectivity index (χ0) is 21.3. The Hall–Kier alpha value is -3.48. The average Bonchev–Trinajstić information content (AvgIpc) is 3.24. The van der Waals surface area contributed by atoms with Crippen molar-refractivity contribution in [3.8, 4) is 22.8 Å². The summed E-state index contributed by atoms with van der Waals surface area (Å²) >= 11 is 0. The lowest BCUT2D eigenvalue weighted by Gasteiger charge is -2.21. The van der Waals surface area contributed by atoms with Crippen LogP contribution in [-0.4, -0.2) is 48.6 Å². The molecule has 2 N–H and O–H groups in total. The van der Waals surface area contributed by atoms with Gasteiger partial charge in [0, 0.05) is 20.6 Å². The lowest BCUT2D eigenvalue weighted by Crippen LogP contribution is -2.38. The van der Waals surface area contributed by atoms with E-state index in [1.807, 2.05) is 61.5 Å². The topological polar surface area (TPSA) is 74.8 Å². The summed E-state index contributed by atoms with van der Waals surface area (Å²) in [6.07, 6.45) is 1.86. The molecule has 0 saturated heterocycles. The maximum Gasteiger partial charge on any atom is 0.194 e. The molecule has 0 aliphatic carbocycles. The molecule has 0 atom stereocenters. The van der Waals surface area contributed by atoms with Gasteiger partial charge in [-0.15, -0.1) is 0 Å². The van der Waals surface area contributed by atoms with E-state index in [-0.39, 0.29) is 0 Å². The van der Waals surface area contributed by atoms with Crippen LogP contribution in [0, 0.1) is 0 Å². The molecule has 3 rings (SSSR count). The molecular formula is C23H29N5O2. The van der Waals surface area contributed by atoms with Gasteiger partial charge in [-0.2, -0.15) is 0 Å². The van der Waals surface area contributed by atoms with Crippen LogP contribution in [0.5, 0.6) is 11.5 Å². The minimum atomic E-state index is 0.601.